The minimum Gasteiger partial charge on any atom is -0.495 e. The minimum absolute atomic E-state index is 0.841. The van der Waals surface area contributed by atoms with E-state index in [1.165, 1.54) is 4.88 Å². The third-order valence-corrected chi connectivity index (χ3v) is 3.40. The molecule has 0 amide bonds. The fourth-order valence-electron chi connectivity index (χ4n) is 1.87. The average molecular weight is 218 g/mol. The maximum Gasteiger partial charge on any atom is 0.142 e. The van der Waals surface area contributed by atoms with Crippen LogP contribution in [0.4, 0.5) is 5.69 Å². The van der Waals surface area contributed by atoms with Gasteiger partial charge in [0.15, 0.2) is 0 Å². The van der Waals surface area contributed by atoms with Gasteiger partial charge in [0, 0.05) is 5.56 Å². The van der Waals surface area contributed by atoms with E-state index in [-0.39, 0.29) is 0 Å². The van der Waals surface area contributed by atoms with E-state index < -0.39 is 0 Å². The van der Waals surface area contributed by atoms with E-state index in [1.807, 2.05) is 17.6 Å². The molecule has 4 heteroatoms. The van der Waals surface area contributed by atoms with Gasteiger partial charge in [0.05, 0.1) is 35.4 Å². The molecule has 2 aromatic rings. The van der Waals surface area contributed by atoms with E-state index in [1.54, 1.807) is 18.4 Å². The Balaban J connectivity index is 2.25. The van der Waals surface area contributed by atoms with Crippen LogP contribution in [-0.2, 0) is 6.54 Å². The van der Waals surface area contributed by atoms with Crippen molar-refractivity contribution in [3.05, 3.63) is 28.6 Å². The quantitative estimate of drug-likeness (QED) is 0.799. The first-order valence-corrected chi connectivity index (χ1v) is 5.61. The highest BCUT2D eigenvalue weighted by atomic mass is 32.1. The van der Waals surface area contributed by atoms with Gasteiger partial charge in [0.2, 0.25) is 0 Å². The van der Waals surface area contributed by atoms with E-state index in [2.05, 4.69) is 16.4 Å². The molecule has 2 heterocycles. The molecule has 0 radical (unpaired) electrons. The predicted molar refractivity (Wildman–Crippen MR) is 61.4 cm³/mol. The summed E-state index contributed by atoms with van der Waals surface area (Å²) >= 11 is 1.69. The van der Waals surface area contributed by atoms with Gasteiger partial charge in [-0.1, -0.05) is 12.1 Å². The van der Waals surface area contributed by atoms with Crippen LogP contribution in [0.3, 0.4) is 0 Å². The van der Waals surface area contributed by atoms with E-state index in [4.69, 9.17) is 4.74 Å². The maximum atomic E-state index is 5.32. The van der Waals surface area contributed by atoms with Gasteiger partial charge in [-0.25, -0.2) is 4.98 Å². The lowest BCUT2D eigenvalue weighted by atomic mass is 10.0. The summed E-state index contributed by atoms with van der Waals surface area (Å²) in [5.74, 6) is 0.881. The molecule has 0 saturated carbocycles. The normalized spacial score (nSPS) is 12.6. The van der Waals surface area contributed by atoms with Gasteiger partial charge >= 0.3 is 0 Å². The van der Waals surface area contributed by atoms with Gasteiger partial charge in [-0.3, -0.25) is 0 Å². The van der Waals surface area contributed by atoms with Crippen molar-refractivity contribution in [1.29, 1.82) is 0 Å². The van der Waals surface area contributed by atoms with Crippen molar-refractivity contribution in [2.75, 3.05) is 12.4 Å². The molecule has 1 aromatic heterocycles. The van der Waals surface area contributed by atoms with Gasteiger partial charge in [0.1, 0.15) is 5.75 Å². The summed E-state index contributed by atoms with van der Waals surface area (Å²) in [6, 6.07) is 6.03. The van der Waals surface area contributed by atoms with Crippen molar-refractivity contribution in [3.63, 3.8) is 0 Å². The lowest BCUT2D eigenvalue weighted by Crippen LogP contribution is -2.08. The molecular weight excluding hydrogens is 208 g/mol. The molecule has 1 aromatic carbocycles. The highest BCUT2D eigenvalue weighted by Gasteiger charge is 2.20. The molecule has 0 bridgehead atoms. The Kier molecular flexibility index (Phi) is 1.89. The van der Waals surface area contributed by atoms with E-state index in [0.29, 0.717) is 0 Å². The topological polar surface area (TPSA) is 34.1 Å². The van der Waals surface area contributed by atoms with Crippen molar-refractivity contribution >= 4 is 17.0 Å². The van der Waals surface area contributed by atoms with Crippen molar-refractivity contribution in [3.8, 4) is 17.0 Å². The Hall–Kier alpha value is -1.55. The van der Waals surface area contributed by atoms with E-state index in [0.717, 1.165) is 29.2 Å². The van der Waals surface area contributed by atoms with Gasteiger partial charge in [0.25, 0.3) is 0 Å². The summed E-state index contributed by atoms with van der Waals surface area (Å²) in [6.07, 6.45) is 0. The monoisotopic (exact) mass is 218 g/mol. The molecular formula is C11H10N2OS. The number of thiazole rings is 1. The fraction of sp³-hybridized carbons (Fsp3) is 0.182. The Labute approximate surface area is 91.7 Å². The largest absolute Gasteiger partial charge is 0.495 e. The molecule has 0 spiro atoms. The van der Waals surface area contributed by atoms with Crippen molar-refractivity contribution in [2.24, 2.45) is 0 Å². The number of hydrogen-bond acceptors (Lipinski definition) is 4. The van der Waals surface area contributed by atoms with Crippen LogP contribution in [0.5, 0.6) is 5.75 Å². The van der Waals surface area contributed by atoms with Gasteiger partial charge in [-0.15, -0.1) is 11.3 Å². The van der Waals surface area contributed by atoms with Crippen LogP contribution in [0.25, 0.3) is 11.3 Å². The third-order valence-electron chi connectivity index (χ3n) is 2.57. The minimum atomic E-state index is 0.841. The fourth-order valence-corrected chi connectivity index (χ4v) is 2.58. The van der Waals surface area contributed by atoms with Gasteiger partial charge in [-0.2, -0.15) is 0 Å². The SMILES string of the molecule is COc1cccc2c1NCc1scnc1-2. The van der Waals surface area contributed by atoms with Crippen LogP contribution >= 0.6 is 11.3 Å². The number of aromatic nitrogens is 1. The number of hydrogen-bond donors (Lipinski definition) is 1. The van der Waals surface area contributed by atoms with Crippen molar-refractivity contribution in [2.45, 2.75) is 6.54 Å². The van der Waals surface area contributed by atoms with Gasteiger partial charge < -0.3 is 10.1 Å². The number of rotatable bonds is 1. The highest BCUT2D eigenvalue weighted by molar-refractivity contribution is 7.10. The smallest absolute Gasteiger partial charge is 0.142 e. The molecule has 1 N–H and O–H groups in total. The number of para-hydroxylation sites is 1. The van der Waals surface area contributed by atoms with Crippen molar-refractivity contribution < 1.29 is 4.74 Å². The average Bonchev–Trinajstić information content (AvgIpc) is 2.76. The summed E-state index contributed by atoms with van der Waals surface area (Å²) in [5.41, 5.74) is 5.17. The molecule has 0 saturated heterocycles. The maximum absolute atomic E-state index is 5.32. The number of methoxy groups -OCH3 is 1. The number of nitrogens with zero attached hydrogens (tertiary/aromatic N) is 1. The first kappa shape index (κ1) is 8.73. The number of ether oxygens (including phenoxy) is 1. The Morgan fingerprint density at radius 1 is 1.47 bits per heavy atom. The predicted octanol–water partition coefficient (Wildman–Crippen LogP) is 2.74. The summed E-state index contributed by atoms with van der Waals surface area (Å²) in [6.45, 7) is 0.841. The standard InChI is InChI=1S/C11H10N2OS/c1-14-8-4-2-3-7-10(8)12-5-9-11(7)13-6-15-9/h2-4,6,12H,5H2,1H3. The molecule has 0 aliphatic carbocycles. The lowest BCUT2D eigenvalue weighted by Gasteiger charge is -2.19. The third kappa shape index (κ3) is 1.22. The van der Waals surface area contributed by atoms with Gasteiger partial charge in [-0.05, 0) is 6.07 Å². The molecule has 1 aliphatic heterocycles. The number of benzene rings is 1. The van der Waals surface area contributed by atoms with Crippen LogP contribution in [0.2, 0.25) is 0 Å². The zero-order chi connectivity index (χ0) is 10.3. The summed E-state index contributed by atoms with van der Waals surface area (Å²) in [5, 5.41) is 3.37. The zero-order valence-corrected chi connectivity index (χ0v) is 9.10. The zero-order valence-electron chi connectivity index (χ0n) is 8.28. The lowest BCUT2D eigenvalue weighted by molar-refractivity contribution is 0.416. The molecule has 15 heavy (non-hydrogen) atoms. The second-order valence-corrected chi connectivity index (χ2v) is 4.30. The Bertz CT molecular complexity index is 507. The van der Waals surface area contributed by atoms with E-state index >= 15 is 0 Å². The molecule has 76 valence electrons. The first-order chi connectivity index (χ1) is 7.40. The van der Waals surface area contributed by atoms with Crippen LogP contribution in [0, 0.1) is 0 Å². The second kappa shape index (κ2) is 3.24. The molecule has 0 fully saturated rings. The summed E-state index contributed by atoms with van der Waals surface area (Å²) < 4.78 is 5.32. The molecule has 3 nitrogen and oxygen atoms in total. The van der Waals surface area contributed by atoms with Crippen LogP contribution < -0.4 is 10.1 Å². The number of nitrogens with one attached hydrogen (secondary N) is 1. The molecule has 0 atom stereocenters. The van der Waals surface area contributed by atoms with E-state index in [9.17, 15) is 0 Å². The van der Waals surface area contributed by atoms with Crippen LogP contribution in [-0.4, -0.2) is 12.1 Å². The molecule has 0 unspecified atom stereocenters. The second-order valence-electron chi connectivity index (χ2n) is 3.36. The van der Waals surface area contributed by atoms with Crippen LogP contribution in [0.1, 0.15) is 4.88 Å². The molecule has 3 rings (SSSR count). The summed E-state index contributed by atoms with van der Waals surface area (Å²) in [4.78, 5) is 5.68. The van der Waals surface area contributed by atoms with Crippen molar-refractivity contribution in [1.82, 2.24) is 4.98 Å². The number of anilines is 1. The van der Waals surface area contributed by atoms with Crippen LogP contribution in [0.15, 0.2) is 23.7 Å². The Morgan fingerprint density at radius 2 is 2.40 bits per heavy atom. The Morgan fingerprint density at radius 3 is 3.27 bits per heavy atom. The summed E-state index contributed by atoms with van der Waals surface area (Å²) in [7, 11) is 1.69. The first-order valence-electron chi connectivity index (χ1n) is 4.74. The highest BCUT2D eigenvalue weighted by Crippen LogP contribution is 2.41. The molecule has 1 aliphatic rings. The number of fused-ring (bicyclic) bond motifs is 3.